The van der Waals surface area contributed by atoms with Gasteiger partial charge in [0, 0.05) is 19.2 Å². The van der Waals surface area contributed by atoms with Crippen molar-refractivity contribution in [1.82, 2.24) is 10.4 Å². The maximum Gasteiger partial charge on any atom is 0.261 e. The number of rotatable bonds is 2. The van der Waals surface area contributed by atoms with Gasteiger partial charge in [-0.3, -0.25) is 10.2 Å². The summed E-state index contributed by atoms with van der Waals surface area (Å²) >= 11 is 0. The lowest BCUT2D eigenvalue weighted by atomic mass is 10.4. The number of hydrogen-bond donors (Lipinski definition) is 2. The van der Waals surface area contributed by atoms with E-state index in [4.69, 9.17) is 9.84 Å². The number of ether oxygens (including phenoxy) is 1. The van der Waals surface area contributed by atoms with Crippen LogP contribution >= 0.6 is 0 Å². The van der Waals surface area contributed by atoms with Gasteiger partial charge >= 0.3 is 0 Å². The van der Waals surface area contributed by atoms with E-state index in [2.05, 4.69) is 5.43 Å². The summed E-state index contributed by atoms with van der Waals surface area (Å²) in [4.78, 5) is 11.1. The van der Waals surface area contributed by atoms with E-state index in [0.29, 0.717) is 26.3 Å². The molecule has 1 fully saturated rings. The first-order valence-corrected chi connectivity index (χ1v) is 4.19. The van der Waals surface area contributed by atoms with E-state index in [9.17, 15) is 4.79 Å². The van der Waals surface area contributed by atoms with Crippen molar-refractivity contribution in [3.63, 3.8) is 0 Å². The Hall–Kier alpha value is -1.07. The number of carbonyl (C=O) groups excluding carboxylic acids is 1. The Balaban J connectivity index is 2.30. The first-order valence-electron chi connectivity index (χ1n) is 4.19. The molecule has 5 nitrogen and oxygen atoms in total. The van der Waals surface area contributed by atoms with Gasteiger partial charge in [0.05, 0.1) is 19.0 Å². The Bertz CT molecular complexity index is 205. The summed E-state index contributed by atoms with van der Waals surface area (Å²) in [6, 6.07) is 0. The van der Waals surface area contributed by atoms with Gasteiger partial charge in [-0.05, 0) is 6.92 Å². The molecule has 0 aromatic rings. The highest BCUT2D eigenvalue weighted by Crippen LogP contribution is 1.93. The summed E-state index contributed by atoms with van der Waals surface area (Å²) in [5, 5.41) is 10.6. The van der Waals surface area contributed by atoms with E-state index in [0.717, 1.165) is 6.08 Å². The molecule has 2 N–H and O–H groups in total. The molecule has 13 heavy (non-hydrogen) atoms. The molecule has 0 bridgehead atoms. The minimum absolute atomic E-state index is 0.00533. The van der Waals surface area contributed by atoms with Crippen LogP contribution in [0.1, 0.15) is 6.92 Å². The van der Waals surface area contributed by atoms with Gasteiger partial charge in [0.25, 0.3) is 5.91 Å². The van der Waals surface area contributed by atoms with Crippen LogP contribution in [0.4, 0.5) is 0 Å². The fourth-order valence-electron chi connectivity index (χ4n) is 1.05. The van der Waals surface area contributed by atoms with Crippen LogP contribution in [0.5, 0.6) is 0 Å². The second-order valence-corrected chi connectivity index (χ2v) is 2.86. The Morgan fingerprint density at radius 2 is 2.15 bits per heavy atom. The van der Waals surface area contributed by atoms with Crippen LogP contribution in [0.2, 0.25) is 0 Å². The van der Waals surface area contributed by atoms with E-state index < -0.39 is 0 Å². The molecule has 0 unspecified atom stereocenters. The van der Waals surface area contributed by atoms with E-state index in [-0.39, 0.29) is 11.7 Å². The van der Waals surface area contributed by atoms with Gasteiger partial charge in [0.15, 0.2) is 0 Å². The van der Waals surface area contributed by atoms with Crippen molar-refractivity contribution in [2.45, 2.75) is 6.92 Å². The number of carbonyl (C=O) groups is 1. The van der Waals surface area contributed by atoms with Crippen LogP contribution in [0.25, 0.3) is 0 Å². The molecule has 0 saturated carbocycles. The van der Waals surface area contributed by atoms with Crippen molar-refractivity contribution in [2.75, 3.05) is 26.3 Å². The lowest BCUT2D eigenvalue weighted by Gasteiger charge is -2.26. The molecule has 1 amide bonds. The van der Waals surface area contributed by atoms with Gasteiger partial charge in [-0.2, -0.15) is 0 Å². The normalized spacial score (nSPS) is 19.9. The number of hydrazine groups is 1. The van der Waals surface area contributed by atoms with Crippen LogP contribution in [0.15, 0.2) is 11.8 Å². The van der Waals surface area contributed by atoms with Gasteiger partial charge in [0.1, 0.15) is 0 Å². The molecule has 1 saturated heterocycles. The fraction of sp³-hybridized carbons (Fsp3) is 0.625. The predicted octanol–water partition coefficient (Wildman–Crippen LogP) is -0.188. The maximum absolute atomic E-state index is 11.1. The number of morpholine rings is 1. The monoisotopic (exact) mass is 186 g/mol. The zero-order valence-corrected chi connectivity index (χ0v) is 7.62. The van der Waals surface area contributed by atoms with E-state index >= 15 is 0 Å². The number of aliphatic hydroxyl groups excluding tert-OH is 1. The fourth-order valence-corrected chi connectivity index (χ4v) is 1.05. The van der Waals surface area contributed by atoms with Gasteiger partial charge in [-0.15, -0.1) is 0 Å². The maximum atomic E-state index is 11.1. The van der Waals surface area contributed by atoms with Gasteiger partial charge in [0.2, 0.25) is 0 Å². The number of aliphatic hydroxyl groups is 1. The molecule has 74 valence electrons. The van der Waals surface area contributed by atoms with Crippen LogP contribution in [0, 0.1) is 0 Å². The average molecular weight is 186 g/mol. The van der Waals surface area contributed by atoms with E-state index in [1.165, 1.54) is 6.92 Å². The number of allylic oxidation sites excluding steroid dienone is 1. The number of nitrogens with zero attached hydrogens (tertiary/aromatic N) is 1. The Morgan fingerprint density at radius 1 is 1.54 bits per heavy atom. The molecule has 0 aromatic heterocycles. The Kier molecular flexibility index (Phi) is 3.72. The summed E-state index contributed by atoms with van der Waals surface area (Å²) in [7, 11) is 0. The molecular formula is C8H14N2O3. The summed E-state index contributed by atoms with van der Waals surface area (Å²) < 4.78 is 5.10. The van der Waals surface area contributed by atoms with Crippen molar-refractivity contribution >= 4 is 5.91 Å². The van der Waals surface area contributed by atoms with Gasteiger partial charge in [-0.1, -0.05) is 0 Å². The third kappa shape index (κ3) is 3.91. The van der Waals surface area contributed by atoms with Crippen molar-refractivity contribution in [1.29, 1.82) is 0 Å². The smallest absolute Gasteiger partial charge is 0.261 e. The predicted molar refractivity (Wildman–Crippen MR) is 46.9 cm³/mol. The zero-order valence-electron chi connectivity index (χ0n) is 7.62. The third-order valence-corrected chi connectivity index (χ3v) is 1.62. The SMILES string of the molecule is CC(O)=CC(=O)NN1CCOCC1. The highest BCUT2D eigenvalue weighted by Gasteiger charge is 2.11. The largest absolute Gasteiger partial charge is 0.512 e. The van der Waals surface area contributed by atoms with E-state index in [1.807, 2.05) is 0 Å². The Labute approximate surface area is 76.9 Å². The summed E-state index contributed by atoms with van der Waals surface area (Å²) in [6.45, 7) is 4.08. The van der Waals surface area contributed by atoms with Crippen LogP contribution in [-0.2, 0) is 9.53 Å². The standard InChI is InChI=1S/C8H14N2O3/c1-7(11)6-8(12)9-10-2-4-13-5-3-10/h6,11H,2-5H2,1H3,(H,9,12). The van der Waals surface area contributed by atoms with Crippen LogP contribution in [-0.4, -0.2) is 42.3 Å². The summed E-state index contributed by atoms with van der Waals surface area (Å²) in [5.74, 6) is -0.298. The lowest BCUT2D eigenvalue weighted by Crippen LogP contribution is -2.47. The quantitative estimate of drug-likeness (QED) is 0.463. The van der Waals surface area contributed by atoms with E-state index in [1.54, 1.807) is 5.01 Å². The number of nitrogens with one attached hydrogen (secondary N) is 1. The molecule has 5 heteroatoms. The second-order valence-electron chi connectivity index (χ2n) is 2.86. The molecule has 1 rings (SSSR count). The zero-order chi connectivity index (χ0) is 9.68. The Morgan fingerprint density at radius 3 is 2.69 bits per heavy atom. The molecule has 0 radical (unpaired) electrons. The number of hydrogen-bond acceptors (Lipinski definition) is 4. The van der Waals surface area contributed by atoms with Crippen molar-refractivity contribution in [3.8, 4) is 0 Å². The molecule has 1 aliphatic heterocycles. The second kappa shape index (κ2) is 4.84. The topological polar surface area (TPSA) is 61.8 Å². The minimum Gasteiger partial charge on any atom is -0.512 e. The summed E-state index contributed by atoms with van der Waals surface area (Å²) in [5.41, 5.74) is 2.63. The number of amides is 1. The van der Waals surface area contributed by atoms with Crippen molar-refractivity contribution in [3.05, 3.63) is 11.8 Å². The van der Waals surface area contributed by atoms with Gasteiger partial charge in [-0.25, -0.2) is 5.01 Å². The molecular weight excluding hydrogens is 172 g/mol. The molecule has 0 aliphatic carbocycles. The third-order valence-electron chi connectivity index (χ3n) is 1.62. The van der Waals surface area contributed by atoms with Crippen molar-refractivity contribution in [2.24, 2.45) is 0 Å². The highest BCUT2D eigenvalue weighted by molar-refractivity contribution is 5.87. The van der Waals surface area contributed by atoms with Crippen molar-refractivity contribution < 1.29 is 14.6 Å². The lowest BCUT2D eigenvalue weighted by molar-refractivity contribution is -0.123. The minimum atomic E-state index is -0.304. The molecule has 1 aliphatic rings. The first kappa shape index (κ1) is 10.0. The van der Waals surface area contributed by atoms with Crippen LogP contribution < -0.4 is 5.43 Å². The molecule has 0 aromatic carbocycles. The average Bonchev–Trinajstić information content (AvgIpc) is 2.04. The molecule has 0 spiro atoms. The molecule has 1 heterocycles. The summed E-state index contributed by atoms with van der Waals surface area (Å²) in [6.07, 6.45) is 1.15. The highest BCUT2D eigenvalue weighted by atomic mass is 16.5. The first-order chi connectivity index (χ1) is 6.18. The van der Waals surface area contributed by atoms with Crippen LogP contribution in [0.3, 0.4) is 0 Å². The molecule has 0 atom stereocenters. The van der Waals surface area contributed by atoms with Gasteiger partial charge < -0.3 is 9.84 Å².